The van der Waals surface area contributed by atoms with Crippen LogP contribution < -0.4 is 19.7 Å². The summed E-state index contributed by atoms with van der Waals surface area (Å²) >= 11 is 0. The zero-order chi connectivity index (χ0) is 9.65. The van der Waals surface area contributed by atoms with Crippen LogP contribution in [0.4, 0.5) is 0 Å². The molecule has 0 fully saturated rings. The highest BCUT2D eigenvalue weighted by molar-refractivity contribution is 4.39. The monoisotopic (exact) mass is 193 g/mol. The van der Waals surface area contributed by atoms with Gasteiger partial charge in [0.25, 0.3) is 0 Å². The smallest absolute Gasteiger partial charge is 0.191 e. The summed E-state index contributed by atoms with van der Waals surface area (Å²) in [6, 6.07) is 0. The fourth-order valence-electron chi connectivity index (χ4n) is 0. The molecule has 0 aromatic rings. The molecule has 0 heterocycles. The van der Waals surface area contributed by atoms with Crippen LogP contribution in [0.15, 0.2) is 0 Å². The predicted octanol–water partition coefficient (Wildman–Crippen LogP) is -6.55. The van der Waals surface area contributed by atoms with Crippen molar-refractivity contribution in [2.45, 2.75) is 12.5 Å². The van der Waals surface area contributed by atoms with E-state index in [-0.39, 0.29) is 0 Å². The van der Waals surface area contributed by atoms with Crippen molar-refractivity contribution in [1.29, 1.82) is 0 Å². The molecule has 9 heteroatoms. The van der Waals surface area contributed by atoms with Crippen molar-refractivity contribution < 1.29 is 44.2 Å². The van der Waals surface area contributed by atoms with E-state index in [0.29, 0.717) is 0 Å². The van der Waals surface area contributed by atoms with E-state index >= 15 is 0 Å². The van der Waals surface area contributed by atoms with Crippen LogP contribution in [0.3, 0.4) is 0 Å². The number of aliphatic hydroxyl groups is 3. The van der Waals surface area contributed by atoms with Gasteiger partial charge in [0.1, 0.15) is 0 Å². The lowest BCUT2D eigenvalue weighted by molar-refractivity contribution is -1.92. The Labute approximate surface area is 63.5 Å². The number of halogens is 1. The zero-order valence-corrected chi connectivity index (χ0v) is 5.88. The van der Waals surface area contributed by atoms with Crippen LogP contribution in [0.25, 0.3) is 0 Å². The van der Waals surface area contributed by atoms with Crippen LogP contribution in [-0.4, -0.2) is 32.5 Å². The second kappa shape index (κ2) is 5.60. The SMILES string of the molecule is NC(O)C(O)O.[O-][Cl+3]([O-])([O-])O. The van der Waals surface area contributed by atoms with Crippen LogP contribution in [0.2, 0.25) is 0 Å². The highest BCUT2D eigenvalue weighted by atomic mass is 35.7. The minimum absolute atomic E-state index is 1.54. The lowest BCUT2D eigenvalue weighted by Gasteiger charge is -2.03. The van der Waals surface area contributed by atoms with Crippen molar-refractivity contribution in [3.63, 3.8) is 0 Å². The fourth-order valence-corrected chi connectivity index (χ4v) is 0. The summed E-state index contributed by atoms with van der Waals surface area (Å²) in [7, 11) is -4.69. The number of hydrogen-bond acceptors (Lipinski definition) is 8. The third kappa shape index (κ3) is 40.2. The largest absolute Gasteiger partial charge is 0.373 e. The van der Waals surface area contributed by atoms with Crippen molar-refractivity contribution in [1.82, 2.24) is 0 Å². The van der Waals surface area contributed by atoms with Gasteiger partial charge in [0.15, 0.2) is 12.5 Å². The van der Waals surface area contributed by atoms with Gasteiger partial charge in [-0.25, -0.2) is 0 Å². The van der Waals surface area contributed by atoms with Gasteiger partial charge in [-0.2, -0.15) is 14.0 Å². The molecule has 0 saturated carbocycles. The molecule has 6 N–H and O–H groups in total. The van der Waals surface area contributed by atoms with Crippen LogP contribution in [0.5, 0.6) is 0 Å². The number of hydrogen-bond donors (Lipinski definition) is 5. The molecule has 0 rings (SSSR count). The van der Waals surface area contributed by atoms with Gasteiger partial charge in [0.2, 0.25) is 0 Å². The Morgan fingerprint density at radius 2 is 1.18 bits per heavy atom. The van der Waals surface area contributed by atoms with Crippen LogP contribution in [0.1, 0.15) is 0 Å². The Balaban J connectivity index is 0. The summed E-state index contributed by atoms with van der Waals surface area (Å²) in [6.07, 6.45) is -3.35. The van der Waals surface area contributed by atoms with Crippen molar-refractivity contribution in [3.8, 4) is 0 Å². The van der Waals surface area contributed by atoms with E-state index < -0.39 is 22.8 Å². The topological polar surface area (TPSA) is 176 Å². The van der Waals surface area contributed by atoms with E-state index in [0.717, 1.165) is 0 Å². The second-order valence-corrected chi connectivity index (χ2v) is 2.09. The van der Waals surface area contributed by atoms with Gasteiger partial charge in [-0.15, -0.1) is 0 Å². The molecule has 11 heavy (non-hydrogen) atoms. The molecule has 0 saturated heterocycles. The first-order valence-corrected chi connectivity index (χ1v) is 3.34. The van der Waals surface area contributed by atoms with Gasteiger partial charge in [-0.05, 0) is 0 Å². The van der Waals surface area contributed by atoms with E-state index in [1.807, 2.05) is 0 Å². The van der Waals surface area contributed by atoms with E-state index in [4.69, 9.17) is 34.0 Å². The molecular formula is C2H8ClNO7. The van der Waals surface area contributed by atoms with E-state index in [2.05, 4.69) is 5.73 Å². The maximum atomic E-state index is 8.60. The summed E-state index contributed by atoms with van der Waals surface area (Å²) in [5, 5.41) is 23.5. The van der Waals surface area contributed by atoms with E-state index in [1.165, 1.54) is 0 Å². The molecule has 0 aromatic heterocycles. The number of nitrogens with two attached hydrogens (primary N) is 1. The first kappa shape index (κ1) is 13.6. The molecule has 0 aromatic carbocycles. The molecule has 0 amide bonds. The molecule has 0 aliphatic rings. The molecule has 1 atom stereocenters. The molecule has 0 aliphatic carbocycles. The van der Waals surface area contributed by atoms with Crippen molar-refractivity contribution >= 4 is 0 Å². The number of rotatable bonds is 1. The third-order valence-corrected chi connectivity index (χ3v) is 0.305. The lowest BCUT2D eigenvalue weighted by Crippen LogP contribution is -2.58. The van der Waals surface area contributed by atoms with Gasteiger partial charge >= 0.3 is 0 Å². The van der Waals surface area contributed by atoms with Gasteiger partial charge < -0.3 is 21.1 Å². The normalized spacial score (nSPS) is 13.9. The molecule has 0 radical (unpaired) electrons. The number of aliphatic hydroxyl groups excluding tert-OH is 2. The highest BCUT2D eigenvalue weighted by Crippen LogP contribution is 1.73. The zero-order valence-electron chi connectivity index (χ0n) is 5.12. The summed E-state index contributed by atoms with van der Waals surface area (Å²) in [5.41, 5.74) is 4.49. The molecule has 1 unspecified atom stereocenters. The molecule has 8 nitrogen and oxygen atoms in total. The Morgan fingerprint density at radius 1 is 1.09 bits per heavy atom. The van der Waals surface area contributed by atoms with Crippen molar-refractivity contribution in [2.75, 3.05) is 0 Å². The average Bonchev–Trinajstić information content (AvgIpc) is 1.59. The first-order chi connectivity index (χ1) is 4.64. The molecule has 70 valence electrons. The minimum atomic E-state index is -4.69. The highest BCUT2D eigenvalue weighted by Gasteiger charge is 2.02. The standard InChI is InChI=1S/C2H7NO3.ClHO4/c3-1(4)2(5)6;2-1(3,4)5/h1-2,4-6H,3H2;(H,2,3,4,5). The lowest BCUT2D eigenvalue weighted by atomic mass is 10.6. The van der Waals surface area contributed by atoms with Crippen LogP contribution >= 0.6 is 0 Å². The maximum Gasteiger partial charge on any atom is 0.191 e. The molecule has 0 aliphatic heterocycles. The Bertz CT molecular complexity index is 76.9. The Morgan fingerprint density at radius 3 is 1.18 bits per heavy atom. The Kier molecular flexibility index (Phi) is 6.90. The van der Waals surface area contributed by atoms with Gasteiger partial charge in [-0.1, -0.05) is 0 Å². The van der Waals surface area contributed by atoms with Crippen molar-refractivity contribution in [3.05, 3.63) is 0 Å². The average molecular weight is 194 g/mol. The van der Waals surface area contributed by atoms with Gasteiger partial charge in [0.05, 0.1) is 14.9 Å². The molecular weight excluding hydrogens is 185 g/mol. The van der Waals surface area contributed by atoms with E-state index in [1.54, 1.807) is 0 Å². The van der Waals surface area contributed by atoms with Gasteiger partial charge in [0, 0.05) is 0 Å². The first-order valence-electron chi connectivity index (χ1n) is 2.07. The molecule has 0 spiro atoms. The minimum Gasteiger partial charge on any atom is -0.373 e. The Hall–Kier alpha value is -0.0300. The maximum absolute atomic E-state index is 8.60. The summed E-state index contributed by atoms with van der Waals surface area (Å²) in [6.45, 7) is 0. The van der Waals surface area contributed by atoms with Crippen LogP contribution in [-0.2, 0) is 0 Å². The quantitative estimate of drug-likeness (QED) is 0.255. The fraction of sp³-hybridized carbons (Fsp3) is 1.00. The third-order valence-electron chi connectivity index (χ3n) is 0.305. The van der Waals surface area contributed by atoms with Crippen LogP contribution in [0, 0.1) is 10.2 Å². The van der Waals surface area contributed by atoms with Crippen molar-refractivity contribution in [2.24, 2.45) is 5.73 Å². The van der Waals surface area contributed by atoms with E-state index in [9.17, 15) is 0 Å². The predicted molar refractivity (Wildman–Crippen MR) is 20.6 cm³/mol. The summed E-state index contributed by atoms with van der Waals surface area (Å²) in [5.74, 6) is 0. The summed E-state index contributed by atoms with van der Waals surface area (Å²) in [4.78, 5) is 0. The van der Waals surface area contributed by atoms with Gasteiger partial charge in [-0.3, -0.25) is 0 Å². The summed E-state index contributed by atoms with van der Waals surface area (Å²) < 4.78 is 32.7. The second-order valence-electron chi connectivity index (χ2n) is 1.30. The molecule has 0 bridgehead atoms.